The van der Waals surface area contributed by atoms with E-state index in [1.54, 1.807) is 0 Å². The van der Waals surface area contributed by atoms with Gasteiger partial charge in [-0.15, -0.1) is 0 Å². The van der Waals surface area contributed by atoms with Crippen LogP contribution < -0.4 is 0 Å². The monoisotopic (exact) mass is 231 g/mol. The highest BCUT2D eigenvalue weighted by atomic mass is 35.7. The molecule has 0 unspecified atom stereocenters. The van der Waals surface area contributed by atoms with Gasteiger partial charge in [0.25, 0.3) is 9.05 Å². The van der Waals surface area contributed by atoms with E-state index in [-0.39, 0.29) is 11.4 Å². The van der Waals surface area contributed by atoms with Crippen LogP contribution in [-0.2, 0) is 20.4 Å². The van der Waals surface area contributed by atoms with E-state index in [2.05, 4.69) is 4.99 Å². The third kappa shape index (κ3) is 2.96. The van der Waals surface area contributed by atoms with Crippen LogP contribution in [0.1, 0.15) is 5.56 Å². The summed E-state index contributed by atoms with van der Waals surface area (Å²) in [5.41, 5.74) is 0.720. The van der Waals surface area contributed by atoms with E-state index in [0.717, 1.165) is 5.56 Å². The molecule has 1 aromatic carbocycles. The van der Waals surface area contributed by atoms with E-state index in [4.69, 9.17) is 10.7 Å². The van der Waals surface area contributed by atoms with Crippen LogP contribution in [0.4, 0.5) is 0 Å². The Morgan fingerprint density at radius 3 is 2.29 bits per heavy atom. The minimum absolute atomic E-state index is 0.0259. The maximum absolute atomic E-state index is 10.8. The number of hydrogen-bond donors (Lipinski definition) is 0. The van der Waals surface area contributed by atoms with Crippen LogP contribution in [0.15, 0.2) is 34.2 Å². The van der Waals surface area contributed by atoms with Crippen LogP contribution in [0.25, 0.3) is 0 Å². The maximum atomic E-state index is 10.8. The first kappa shape index (κ1) is 10.9. The number of rotatable bonds is 3. The molecule has 0 aliphatic heterocycles. The summed E-state index contributed by atoms with van der Waals surface area (Å²) in [6.45, 7) is 0.187. The lowest BCUT2D eigenvalue weighted by molar-refractivity contribution is 0.562. The lowest BCUT2D eigenvalue weighted by Gasteiger charge is -1.97. The summed E-state index contributed by atoms with van der Waals surface area (Å²) in [6, 6.07) is 5.79. The fraction of sp³-hybridized carbons (Fsp3) is 0.125. The molecule has 0 fully saturated rings. The fourth-order valence-electron chi connectivity index (χ4n) is 0.881. The van der Waals surface area contributed by atoms with E-state index in [1.165, 1.54) is 30.3 Å². The molecule has 0 amide bonds. The standard InChI is InChI=1S/C8H6ClNO3S/c9-14(12,13)8-3-1-7(2-4-8)5-10-6-11/h1-4H,5H2. The van der Waals surface area contributed by atoms with Crippen molar-refractivity contribution in [1.29, 1.82) is 0 Å². The van der Waals surface area contributed by atoms with E-state index >= 15 is 0 Å². The minimum atomic E-state index is -3.68. The normalized spacial score (nSPS) is 10.6. The van der Waals surface area contributed by atoms with Crippen LogP contribution >= 0.6 is 10.7 Å². The van der Waals surface area contributed by atoms with Crippen molar-refractivity contribution in [2.75, 3.05) is 0 Å². The average Bonchev–Trinajstić information content (AvgIpc) is 2.14. The summed E-state index contributed by atoms with van der Waals surface area (Å²) in [5.74, 6) is 0. The number of nitrogens with zero attached hydrogens (tertiary/aromatic N) is 1. The highest BCUT2D eigenvalue weighted by Crippen LogP contribution is 2.15. The molecule has 14 heavy (non-hydrogen) atoms. The van der Waals surface area contributed by atoms with Gasteiger partial charge in [-0.05, 0) is 17.7 Å². The van der Waals surface area contributed by atoms with Crippen molar-refractivity contribution >= 4 is 25.8 Å². The number of halogens is 1. The van der Waals surface area contributed by atoms with Crippen molar-refractivity contribution in [3.8, 4) is 0 Å². The Morgan fingerprint density at radius 2 is 1.86 bits per heavy atom. The van der Waals surface area contributed by atoms with Gasteiger partial charge in [-0.2, -0.15) is 0 Å². The SMILES string of the molecule is O=C=NCc1ccc(S(=O)(=O)Cl)cc1. The number of isocyanates is 1. The molecule has 0 saturated carbocycles. The van der Waals surface area contributed by atoms with Crippen LogP contribution in [0, 0.1) is 0 Å². The molecule has 0 heterocycles. The zero-order valence-corrected chi connectivity index (χ0v) is 8.55. The number of benzene rings is 1. The van der Waals surface area contributed by atoms with Crippen LogP contribution in [0.5, 0.6) is 0 Å². The molecule has 1 rings (SSSR count). The molecular weight excluding hydrogens is 226 g/mol. The Kier molecular flexibility index (Phi) is 3.41. The number of aliphatic imine (C=N–C) groups is 1. The van der Waals surface area contributed by atoms with E-state index < -0.39 is 9.05 Å². The highest BCUT2D eigenvalue weighted by Gasteiger charge is 2.08. The minimum Gasteiger partial charge on any atom is -0.211 e. The zero-order chi connectivity index (χ0) is 10.6. The lowest BCUT2D eigenvalue weighted by atomic mass is 10.2. The van der Waals surface area contributed by atoms with Gasteiger partial charge in [-0.1, -0.05) is 12.1 Å². The van der Waals surface area contributed by atoms with Crippen molar-refractivity contribution in [3.63, 3.8) is 0 Å². The van der Waals surface area contributed by atoms with Gasteiger partial charge in [-0.3, -0.25) is 0 Å². The van der Waals surface area contributed by atoms with E-state index in [1.807, 2.05) is 0 Å². The molecule has 0 N–H and O–H groups in total. The summed E-state index contributed by atoms with van der Waals surface area (Å²) in [7, 11) is 1.43. The van der Waals surface area contributed by atoms with Gasteiger partial charge in [-0.25, -0.2) is 18.2 Å². The predicted octanol–water partition coefficient (Wildman–Crippen LogP) is 1.45. The molecule has 0 aliphatic carbocycles. The summed E-state index contributed by atoms with van der Waals surface area (Å²) >= 11 is 0. The maximum Gasteiger partial charge on any atom is 0.261 e. The highest BCUT2D eigenvalue weighted by molar-refractivity contribution is 8.13. The Hall–Kier alpha value is -1.16. The Bertz CT molecular complexity index is 460. The van der Waals surface area contributed by atoms with E-state index in [0.29, 0.717) is 0 Å². The molecular formula is C8H6ClNO3S. The molecule has 0 aliphatic rings. The molecule has 0 aromatic heterocycles. The molecule has 0 radical (unpaired) electrons. The molecule has 6 heteroatoms. The molecule has 0 spiro atoms. The quantitative estimate of drug-likeness (QED) is 0.449. The van der Waals surface area contributed by atoms with Gasteiger partial charge in [0.2, 0.25) is 6.08 Å². The van der Waals surface area contributed by atoms with Gasteiger partial charge in [0.15, 0.2) is 0 Å². The second-order valence-electron chi connectivity index (χ2n) is 2.49. The molecule has 1 aromatic rings. The summed E-state index contributed by atoms with van der Waals surface area (Å²) in [4.78, 5) is 13.2. The first-order valence-corrected chi connectivity index (χ1v) is 5.92. The second kappa shape index (κ2) is 4.37. The van der Waals surface area contributed by atoms with Crippen molar-refractivity contribution in [1.82, 2.24) is 0 Å². The summed E-state index contributed by atoms with van der Waals surface area (Å²) in [5, 5.41) is 0. The van der Waals surface area contributed by atoms with Gasteiger partial charge in [0.05, 0.1) is 11.4 Å². The van der Waals surface area contributed by atoms with Crippen LogP contribution in [0.3, 0.4) is 0 Å². The van der Waals surface area contributed by atoms with E-state index in [9.17, 15) is 13.2 Å². The molecule has 74 valence electrons. The van der Waals surface area contributed by atoms with Crippen molar-refractivity contribution in [2.45, 2.75) is 11.4 Å². The summed E-state index contributed by atoms with van der Waals surface area (Å²) in [6.07, 6.45) is 1.39. The van der Waals surface area contributed by atoms with Crippen LogP contribution in [-0.4, -0.2) is 14.5 Å². The molecule has 0 bridgehead atoms. The first-order chi connectivity index (χ1) is 6.54. The largest absolute Gasteiger partial charge is 0.261 e. The van der Waals surface area contributed by atoms with Crippen molar-refractivity contribution in [2.24, 2.45) is 4.99 Å². The number of hydrogen-bond acceptors (Lipinski definition) is 4. The molecule has 0 saturated heterocycles. The fourth-order valence-corrected chi connectivity index (χ4v) is 1.65. The topological polar surface area (TPSA) is 63.6 Å². The Balaban J connectivity index is 2.95. The lowest BCUT2D eigenvalue weighted by Crippen LogP contribution is -1.90. The zero-order valence-electron chi connectivity index (χ0n) is 6.97. The van der Waals surface area contributed by atoms with Gasteiger partial charge in [0, 0.05) is 10.7 Å². The van der Waals surface area contributed by atoms with Gasteiger partial charge < -0.3 is 0 Å². The van der Waals surface area contributed by atoms with Crippen LogP contribution in [0.2, 0.25) is 0 Å². The second-order valence-corrected chi connectivity index (χ2v) is 5.06. The number of carbonyl (C=O) groups excluding carboxylic acids is 1. The van der Waals surface area contributed by atoms with Crippen molar-refractivity contribution in [3.05, 3.63) is 29.8 Å². The van der Waals surface area contributed by atoms with Crippen molar-refractivity contribution < 1.29 is 13.2 Å². The smallest absolute Gasteiger partial charge is 0.211 e. The summed E-state index contributed by atoms with van der Waals surface area (Å²) < 4.78 is 21.7. The third-order valence-electron chi connectivity index (χ3n) is 1.53. The molecule has 0 atom stereocenters. The first-order valence-electron chi connectivity index (χ1n) is 3.61. The Morgan fingerprint density at radius 1 is 1.29 bits per heavy atom. The average molecular weight is 232 g/mol. The predicted molar refractivity (Wildman–Crippen MR) is 51.3 cm³/mol. The van der Waals surface area contributed by atoms with Gasteiger partial charge >= 0.3 is 0 Å². The Labute approximate surface area is 85.7 Å². The molecule has 4 nitrogen and oxygen atoms in total. The third-order valence-corrected chi connectivity index (χ3v) is 2.90. The van der Waals surface area contributed by atoms with Gasteiger partial charge in [0.1, 0.15) is 0 Å².